The number of benzene rings is 1. The van der Waals surface area contributed by atoms with Crippen molar-refractivity contribution in [1.29, 1.82) is 0 Å². The summed E-state index contributed by atoms with van der Waals surface area (Å²) in [6.45, 7) is 0.406. The largest absolute Gasteiger partial charge is 0.447 e. The summed E-state index contributed by atoms with van der Waals surface area (Å²) >= 11 is 0. The van der Waals surface area contributed by atoms with Crippen molar-refractivity contribution in [1.82, 2.24) is 5.32 Å². The van der Waals surface area contributed by atoms with Crippen LogP contribution < -0.4 is 10.2 Å². The Labute approximate surface area is 88.8 Å². The third-order valence-electron chi connectivity index (χ3n) is 2.47. The third kappa shape index (κ3) is 1.88. The molecule has 4 nitrogen and oxygen atoms in total. The van der Waals surface area contributed by atoms with Gasteiger partial charge in [0.25, 0.3) is 0 Å². The number of ether oxygens (including phenoxy) is 1. The number of anilines is 1. The van der Waals surface area contributed by atoms with Crippen LogP contribution in [0.1, 0.15) is 11.6 Å². The van der Waals surface area contributed by atoms with E-state index in [1.807, 2.05) is 43.3 Å². The summed E-state index contributed by atoms with van der Waals surface area (Å²) in [6, 6.07) is 7.95. The first kappa shape index (κ1) is 9.83. The fourth-order valence-corrected chi connectivity index (χ4v) is 1.74. The zero-order valence-corrected chi connectivity index (χ0v) is 8.86. The first-order valence-corrected chi connectivity index (χ1v) is 4.88. The number of rotatable bonds is 2. The number of carbonyl (C=O) groups excluding carboxylic acids is 1. The minimum absolute atomic E-state index is 0.0314. The molecule has 15 heavy (non-hydrogen) atoms. The summed E-state index contributed by atoms with van der Waals surface area (Å²) in [5.74, 6) is 0. The topological polar surface area (TPSA) is 41.6 Å². The van der Waals surface area contributed by atoms with E-state index in [-0.39, 0.29) is 12.1 Å². The van der Waals surface area contributed by atoms with Gasteiger partial charge in [-0.2, -0.15) is 0 Å². The predicted octanol–water partition coefficient (Wildman–Crippen LogP) is 1.53. The summed E-state index contributed by atoms with van der Waals surface area (Å²) < 4.78 is 4.89. The van der Waals surface area contributed by atoms with E-state index in [1.165, 1.54) is 0 Å². The van der Waals surface area contributed by atoms with E-state index < -0.39 is 0 Å². The highest BCUT2D eigenvalue weighted by molar-refractivity contribution is 5.71. The highest BCUT2D eigenvalue weighted by Crippen LogP contribution is 2.27. The normalized spacial score (nSPS) is 19.6. The second-order valence-corrected chi connectivity index (χ2v) is 3.75. The van der Waals surface area contributed by atoms with Crippen LogP contribution in [-0.4, -0.2) is 26.8 Å². The quantitative estimate of drug-likeness (QED) is 0.798. The van der Waals surface area contributed by atoms with Crippen molar-refractivity contribution >= 4 is 11.8 Å². The second kappa shape index (κ2) is 3.81. The number of cyclic esters (lactones) is 1. The molecule has 1 heterocycles. The summed E-state index contributed by atoms with van der Waals surface area (Å²) in [7, 11) is 3.97. The molecule has 0 radical (unpaired) electrons. The van der Waals surface area contributed by atoms with Crippen molar-refractivity contribution in [2.45, 2.75) is 6.04 Å². The molecule has 2 rings (SSSR count). The maximum atomic E-state index is 11.0. The van der Waals surface area contributed by atoms with Crippen LogP contribution in [0, 0.1) is 0 Å². The first-order valence-electron chi connectivity index (χ1n) is 4.88. The van der Waals surface area contributed by atoms with E-state index in [4.69, 9.17) is 4.74 Å². The minimum atomic E-state index is -0.339. The van der Waals surface area contributed by atoms with E-state index in [0.29, 0.717) is 6.61 Å². The number of alkyl carbamates (subject to hydrolysis) is 1. The summed E-state index contributed by atoms with van der Waals surface area (Å²) in [5, 5.41) is 2.78. The van der Waals surface area contributed by atoms with E-state index >= 15 is 0 Å². The van der Waals surface area contributed by atoms with Crippen LogP contribution in [0.2, 0.25) is 0 Å². The molecule has 1 atom stereocenters. The molecule has 1 aromatic rings. The lowest BCUT2D eigenvalue weighted by molar-refractivity contribution is 0.177. The van der Waals surface area contributed by atoms with E-state index in [0.717, 1.165) is 11.3 Å². The van der Waals surface area contributed by atoms with Crippen LogP contribution in [0.3, 0.4) is 0 Å². The zero-order chi connectivity index (χ0) is 10.8. The second-order valence-electron chi connectivity index (χ2n) is 3.75. The molecule has 1 aromatic carbocycles. The molecule has 1 saturated heterocycles. The Kier molecular flexibility index (Phi) is 2.49. The van der Waals surface area contributed by atoms with Crippen molar-refractivity contribution in [2.24, 2.45) is 0 Å². The third-order valence-corrected chi connectivity index (χ3v) is 2.47. The molecule has 80 valence electrons. The fourth-order valence-electron chi connectivity index (χ4n) is 1.74. The van der Waals surface area contributed by atoms with Gasteiger partial charge in [-0.1, -0.05) is 18.2 Å². The highest BCUT2D eigenvalue weighted by atomic mass is 16.6. The molecule has 4 heteroatoms. The molecule has 0 bridgehead atoms. The van der Waals surface area contributed by atoms with E-state index in [9.17, 15) is 4.79 Å². The van der Waals surface area contributed by atoms with Crippen LogP contribution in [-0.2, 0) is 4.74 Å². The lowest BCUT2D eigenvalue weighted by Crippen LogP contribution is -2.21. The molecule has 0 spiro atoms. The Morgan fingerprint density at radius 1 is 1.40 bits per heavy atom. The lowest BCUT2D eigenvalue weighted by atomic mass is 10.1. The molecule has 1 aliphatic heterocycles. The minimum Gasteiger partial charge on any atom is -0.447 e. The number of para-hydroxylation sites is 1. The molecule has 1 fully saturated rings. The summed E-state index contributed by atoms with van der Waals surface area (Å²) in [6.07, 6.45) is -0.339. The first-order chi connectivity index (χ1) is 7.18. The van der Waals surface area contributed by atoms with Gasteiger partial charge in [-0.15, -0.1) is 0 Å². The van der Waals surface area contributed by atoms with Gasteiger partial charge in [-0.3, -0.25) is 0 Å². The molecule has 0 aromatic heterocycles. The van der Waals surface area contributed by atoms with Gasteiger partial charge in [0.2, 0.25) is 0 Å². The maximum Gasteiger partial charge on any atom is 0.407 e. The standard InChI is InChI=1S/C11H14N2O2/c1-13(2)10-6-4-3-5-8(10)9-7-15-11(14)12-9/h3-6,9H,7H2,1-2H3,(H,12,14). The molecular weight excluding hydrogens is 192 g/mol. The maximum absolute atomic E-state index is 11.0. The van der Waals surface area contributed by atoms with Crippen LogP contribution in [0.4, 0.5) is 10.5 Å². The van der Waals surface area contributed by atoms with Crippen LogP contribution in [0.5, 0.6) is 0 Å². The Morgan fingerprint density at radius 3 is 2.73 bits per heavy atom. The fraction of sp³-hybridized carbons (Fsp3) is 0.364. The van der Waals surface area contributed by atoms with Gasteiger partial charge in [0, 0.05) is 25.3 Å². The Balaban J connectivity index is 2.31. The van der Waals surface area contributed by atoms with E-state index in [2.05, 4.69) is 5.32 Å². The van der Waals surface area contributed by atoms with Crippen molar-refractivity contribution < 1.29 is 9.53 Å². The van der Waals surface area contributed by atoms with Gasteiger partial charge in [0.15, 0.2) is 0 Å². The van der Waals surface area contributed by atoms with Crippen LogP contribution >= 0.6 is 0 Å². The molecule has 1 amide bonds. The van der Waals surface area contributed by atoms with Crippen LogP contribution in [0.15, 0.2) is 24.3 Å². The Hall–Kier alpha value is -1.71. The number of nitrogens with zero attached hydrogens (tertiary/aromatic N) is 1. The van der Waals surface area contributed by atoms with Crippen molar-refractivity contribution in [2.75, 3.05) is 25.6 Å². The predicted molar refractivity (Wildman–Crippen MR) is 58.0 cm³/mol. The number of hydrogen-bond acceptors (Lipinski definition) is 3. The number of carbonyl (C=O) groups is 1. The number of hydrogen-bond donors (Lipinski definition) is 1. The zero-order valence-electron chi connectivity index (χ0n) is 8.86. The monoisotopic (exact) mass is 206 g/mol. The van der Waals surface area contributed by atoms with Gasteiger partial charge in [0.1, 0.15) is 6.61 Å². The van der Waals surface area contributed by atoms with Gasteiger partial charge >= 0.3 is 6.09 Å². The molecule has 0 saturated carbocycles. The van der Waals surface area contributed by atoms with Crippen LogP contribution in [0.25, 0.3) is 0 Å². The van der Waals surface area contributed by atoms with Crippen molar-refractivity contribution in [3.8, 4) is 0 Å². The average molecular weight is 206 g/mol. The molecule has 1 N–H and O–H groups in total. The number of nitrogens with one attached hydrogen (secondary N) is 1. The highest BCUT2D eigenvalue weighted by Gasteiger charge is 2.25. The lowest BCUT2D eigenvalue weighted by Gasteiger charge is -2.19. The summed E-state index contributed by atoms with van der Waals surface area (Å²) in [4.78, 5) is 13.0. The SMILES string of the molecule is CN(C)c1ccccc1C1COC(=O)N1. The van der Waals surface area contributed by atoms with Gasteiger partial charge < -0.3 is 15.0 Å². The Bertz CT molecular complexity index is 377. The van der Waals surface area contributed by atoms with Gasteiger partial charge in [-0.25, -0.2) is 4.79 Å². The van der Waals surface area contributed by atoms with Gasteiger partial charge in [0.05, 0.1) is 6.04 Å². The molecule has 1 aliphatic rings. The van der Waals surface area contributed by atoms with Crippen molar-refractivity contribution in [3.63, 3.8) is 0 Å². The smallest absolute Gasteiger partial charge is 0.407 e. The van der Waals surface area contributed by atoms with Crippen molar-refractivity contribution in [3.05, 3.63) is 29.8 Å². The average Bonchev–Trinajstić information content (AvgIpc) is 2.65. The van der Waals surface area contributed by atoms with E-state index in [1.54, 1.807) is 0 Å². The van der Waals surface area contributed by atoms with Gasteiger partial charge in [-0.05, 0) is 6.07 Å². The Morgan fingerprint density at radius 2 is 2.13 bits per heavy atom. The molecular formula is C11H14N2O2. The summed E-state index contributed by atoms with van der Waals surface area (Å²) in [5.41, 5.74) is 2.20. The molecule has 0 aliphatic carbocycles. The molecule has 1 unspecified atom stereocenters. The number of amides is 1.